The van der Waals surface area contributed by atoms with Crippen LogP contribution < -0.4 is 5.73 Å². The summed E-state index contributed by atoms with van der Waals surface area (Å²) >= 11 is 1.71. The van der Waals surface area contributed by atoms with Gasteiger partial charge in [-0.3, -0.25) is 4.98 Å². The van der Waals surface area contributed by atoms with Gasteiger partial charge in [0.25, 0.3) is 0 Å². The zero-order chi connectivity index (χ0) is 8.18. The Labute approximate surface area is 75.8 Å². The molecule has 2 saturated carbocycles. The van der Waals surface area contributed by atoms with Crippen molar-refractivity contribution in [1.29, 1.82) is 0 Å². The predicted molar refractivity (Wildman–Crippen MR) is 48.8 cm³/mol. The zero-order valence-corrected chi connectivity index (χ0v) is 7.68. The summed E-state index contributed by atoms with van der Waals surface area (Å²) in [6.45, 7) is 0. The van der Waals surface area contributed by atoms with E-state index in [1.54, 1.807) is 11.3 Å². The van der Waals surface area contributed by atoms with Crippen LogP contribution in [0.2, 0.25) is 0 Å². The minimum Gasteiger partial charge on any atom is -0.320 e. The summed E-state index contributed by atoms with van der Waals surface area (Å²) in [5.41, 5.74) is 8.26. The van der Waals surface area contributed by atoms with E-state index in [-0.39, 0.29) is 5.54 Å². The standard InChI is InChI=1S/C9H12N2S/c10-9(8-4-11-5-12-8)6-2-1-3-7(6)9/h4-7H,1-3,10H2. The molecule has 3 heteroatoms. The maximum atomic E-state index is 6.33. The van der Waals surface area contributed by atoms with Gasteiger partial charge in [-0.25, -0.2) is 0 Å². The van der Waals surface area contributed by atoms with Crippen molar-refractivity contribution in [3.63, 3.8) is 0 Å². The van der Waals surface area contributed by atoms with Gasteiger partial charge in [-0.1, -0.05) is 6.42 Å². The number of thiazole rings is 1. The molecule has 0 amide bonds. The second kappa shape index (κ2) is 2.09. The Kier molecular flexibility index (Phi) is 1.23. The van der Waals surface area contributed by atoms with Crippen LogP contribution >= 0.6 is 11.3 Å². The molecule has 2 aliphatic rings. The highest BCUT2D eigenvalue weighted by Crippen LogP contribution is 2.65. The molecule has 2 nitrogen and oxygen atoms in total. The van der Waals surface area contributed by atoms with Crippen molar-refractivity contribution in [3.8, 4) is 0 Å². The van der Waals surface area contributed by atoms with Gasteiger partial charge in [0.05, 0.1) is 11.0 Å². The number of fused-ring (bicyclic) bond motifs is 1. The molecule has 0 aromatic carbocycles. The van der Waals surface area contributed by atoms with E-state index in [9.17, 15) is 0 Å². The fraction of sp³-hybridized carbons (Fsp3) is 0.667. The molecular formula is C9H12N2S. The van der Waals surface area contributed by atoms with Crippen LogP contribution in [0.15, 0.2) is 11.7 Å². The van der Waals surface area contributed by atoms with Crippen LogP contribution in [0.5, 0.6) is 0 Å². The van der Waals surface area contributed by atoms with Crippen LogP contribution in [0.25, 0.3) is 0 Å². The third-order valence-electron chi connectivity index (χ3n) is 3.49. The van der Waals surface area contributed by atoms with Crippen molar-refractivity contribution < 1.29 is 0 Å². The molecule has 12 heavy (non-hydrogen) atoms. The third kappa shape index (κ3) is 0.666. The highest BCUT2D eigenvalue weighted by atomic mass is 32.1. The monoisotopic (exact) mass is 180 g/mol. The Balaban J connectivity index is 1.96. The minimum atomic E-state index is 0.0411. The van der Waals surface area contributed by atoms with Gasteiger partial charge in [0.2, 0.25) is 0 Å². The summed E-state index contributed by atoms with van der Waals surface area (Å²) in [4.78, 5) is 5.40. The first-order valence-corrected chi connectivity index (χ1v) is 5.39. The van der Waals surface area contributed by atoms with E-state index in [0.717, 1.165) is 11.8 Å². The van der Waals surface area contributed by atoms with Gasteiger partial charge >= 0.3 is 0 Å². The molecule has 0 spiro atoms. The Bertz CT molecular complexity index is 283. The normalized spacial score (nSPS) is 44.4. The molecule has 2 atom stereocenters. The van der Waals surface area contributed by atoms with Crippen molar-refractivity contribution in [2.75, 3.05) is 0 Å². The molecule has 1 aromatic heterocycles. The smallest absolute Gasteiger partial charge is 0.0794 e. The number of hydrogen-bond donors (Lipinski definition) is 1. The Hall–Kier alpha value is -0.410. The average Bonchev–Trinajstić information content (AvgIpc) is 2.62. The van der Waals surface area contributed by atoms with Gasteiger partial charge in [0.15, 0.2) is 0 Å². The molecule has 2 N–H and O–H groups in total. The summed E-state index contributed by atoms with van der Waals surface area (Å²) in [5, 5.41) is 0. The average molecular weight is 180 g/mol. The van der Waals surface area contributed by atoms with Crippen LogP contribution in [0, 0.1) is 11.8 Å². The number of rotatable bonds is 1. The summed E-state index contributed by atoms with van der Waals surface area (Å²) in [7, 11) is 0. The number of nitrogens with zero attached hydrogens (tertiary/aromatic N) is 1. The van der Waals surface area contributed by atoms with E-state index >= 15 is 0 Å². The molecule has 64 valence electrons. The van der Waals surface area contributed by atoms with E-state index in [1.807, 2.05) is 11.7 Å². The second-order valence-electron chi connectivity index (χ2n) is 3.94. The molecule has 0 bridgehead atoms. The summed E-state index contributed by atoms with van der Waals surface area (Å²) in [5.74, 6) is 1.55. The highest BCUT2D eigenvalue weighted by molar-refractivity contribution is 7.09. The lowest BCUT2D eigenvalue weighted by Gasteiger charge is -2.11. The zero-order valence-electron chi connectivity index (χ0n) is 6.86. The van der Waals surface area contributed by atoms with Gasteiger partial charge < -0.3 is 5.73 Å². The lowest BCUT2D eigenvalue weighted by molar-refractivity contribution is 0.534. The number of aromatic nitrogens is 1. The Morgan fingerprint density at radius 1 is 1.50 bits per heavy atom. The van der Waals surface area contributed by atoms with Gasteiger partial charge in [0.1, 0.15) is 0 Å². The molecule has 1 aromatic rings. The van der Waals surface area contributed by atoms with Crippen LogP contribution in [0.3, 0.4) is 0 Å². The molecule has 2 aliphatic carbocycles. The maximum absolute atomic E-state index is 6.33. The summed E-state index contributed by atoms with van der Waals surface area (Å²) in [6.07, 6.45) is 5.99. The van der Waals surface area contributed by atoms with Crippen molar-refractivity contribution in [2.24, 2.45) is 17.6 Å². The first kappa shape index (κ1) is 7.04. The van der Waals surface area contributed by atoms with Crippen LogP contribution in [0.4, 0.5) is 0 Å². The quantitative estimate of drug-likeness (QED) is 0.714. The van der Waals surface area contributed by atoms with E-state index in [0.29, 0.717) is 0 Å². The van der Waals surface area contributed by atoms with Crippen molar-refractivity contribution in [1.82, 2.24) is 4.98 Å². The molecule has 0 aliphatic heterocycles. The largest absolute Gasteiger partial charge is 0.320 e. The van der Waals surface area contributed by atoms with Crippen LogP contribution in [0.1, 0.15) is 24.1 Å². The van der Waals surface area contributed by atoms with Gasteiger partial charge in [-0.05, 0) is 24.7 Å². The molecule has 2 fully saturated rings. The lowest BCUT2D eigenvalue weighted by atomic mass is 10.1. The topological polar surface area (TPSA) is 38.9 Å². The fourth-order valence-electron chi connectivity index (χ4n) is 2.80. The van der Waals surface area contributed by atoms with Crippen LogP contribution in [-0.4, -0.2) is 4.98 Å². The Morgan fingerprint density at radius 3 is 2.83 bits per heavy atom. The molecule has 0 radical (unpaired) electrons. The molecule has 0 saturated heterocycles. The minimum absolute atomic E-state index is 0.0411. The second-order valence-corrected chi connectivity index (χ2v) is 4.83. The van der Waals surface area contributed by atoms with E-state index in [2.05, 4.69) is 4.98 Å². The summed E-state index contributed by atoms with van der Waals surface area (Å²) < 4.78 is 0. The predicted octanol–water partition coefficient (Wildman–Crippen LogP) is 1.73. The molecular weight excluding hydrogens is 168 g/mol. The molecule has 2 unspecified atom stereocenters. The highest BCUT2D eigenvalue weighted by Gasteiger charge is 2.65. The lowest BCUT2D eigenvalue weighted by Crippen LogP contribution is -2.24. The van der Waals surface area contributed by atoms with Gasteiger partial charge in [-0.15, -0.1) is 11.3 Å². The van der Waals surface area contributed by atoms with E-state index in [4.69, 9.17) is 5.73 Å². The van der Waals surface area contributed by atoms with Crippen molar-refractivity contribution in [3.05, 3.63) is 16.6 Å². The van der Waals surface area contributed by atoms with Gasteiger partial charge in [0, 0.05) is 11.1 Å². The third-order valence-corrected chi connectivity index (χ3v) is 4.43. The molecule has 1 heterocycles. The number of nitrogens with two attached hydrogens (primary N) is 1. The maximum Gasteiger partial charge on any atom is 0.0794 e. The SMILES string of the molecule is NC1(c2cncs2)C2CCCC21. The first-order chi connectivity index (χ1) is 5.83. The first-order valence-electron chi connectivity index (χ1n) is 4.51. The van der Waals surface area contributed by atoms with Gasteiger partial charge in [-0.2, -0.15) is 0 Å². The van der Waals surface area contributed by atoms with Crippen molar-refractivity contribution in [2.45, 2.75) is 24.8 Å². The molecule has 3 rings (SSSR count). The van der Waals surface area contributed by atoms with Crippen LogP contribution in [-0.2, 0) is 5.54 Å². The Morgan fingerprint density at radius 2 is 2.25 bits per heavy atom. The van der Waals surface area contributed by atoms with E-state index < -0.39 is 0 Å². The fourth-order valence-corrected chi connectivity index (χ4v) is 3.66. The van der Waals surface area contributed by atoms with Crippen molar-refractivity contribution >= 4 is 11.3 Å². The number of hydrogen-bond acceptors (Lipinski definition) is 3. The van der Waals surface area contributed by atoms with E-state index in [1.165, 1.54) is 24.1 Å². The summed E-state index contributed by atoms with van der Waals surface area (Å²) in [6, 6.07) is 0.